The lowest BCUT2D eigenvalue weighted by Gasteiger charge is -2.40. The maximum absolute atomic E-state index is 14.1. The van der Waals surface area contributed by atoms with Gasteiger partial charge in [-0.3, -0.25) is 0 Å². The highest BCUT2D eigenvalue weighted by atomic mass is 19.4. The van der Waals surface area contributed by atoms with Gasteiger partial charge in [-0.2, -0.15) is 0 Å². The summed E-state index contributed by atoms with van der Waals surface area (Å²) in [5, 5.41) is 0. The van der Waals surface area contributed by atoms with E-state index in [9.17, 15) is 17.6 Å². The molecule has 0 amide bonds. The molecule has 2 aliphatic carbocycles. The highest BCUT2D eigenvalue weighted by Gasteiger charge is 2.35. The molecule has 0 saturated heterocycles. The van der Waals surface area contributed by atoms with Crippen molar-refractivity contribution < 1.29 is 22.3 Å². The monoisotopic (exact) mass is 406 g/mol. The van der Waals surface area contributed by atoms with Crippen molar-refractivity contribution in [3.05, 3.63) is 53.3 Å². The predicted octanol–water partition coefficient (Wildman–Crippen LogP) is 7.64. The van der Waals surface area contributed by atoms with Crippen LogP contribution in [0.4, 0.5) is 17.6 Å². The zero-order valence-electron chi connectivity index (χ0n) is 16.6. The first-order valence-electron chi connectivity index (χ1n) is 10.5. The smallest absolute Gasteiger partial charge is 0.403 e. The van der Waals surface area contributed by atoms with Crippen molar-refractivity contribution in [1.29, 1.82) is 0 Å². The summed E-state index contributed by atoms with van der Waals surface area (Å²) >= 11 is 0. The van der Waals surface area contributed by atoms with Crippen molar-refractivity contribution in [3.8, 4) is 16.9 Å². The maximum atomic E-state index is 14.1. The second-order valence-electron chi connectivity index (χ2n) is 8.48. The van der Waals surface area contributed by atoms with Gasteiger partial charge in [0.05, 0.1) is 0 Å². The summed E-state index contributed by atoms with van der Waals surface area (Å²) in [6.45, 7) is 2.26. The van der Waals surface area contributed by atoms with Crippen molar-refractivity contribution in [2.24, 2.45) is 11.8 Å². The quantitative estimate of drug-likeness (QED) is 0.474. The van der Waals surface area contributed by atoms with Gasteiger partial charge in [0.2, 0.25) is 0 Å². The second-order valence-corrected chi connectivity index (χ2v) is 8.48. The van der Waals surface area contributed by atoms with Crippen LogP contribution in [0.2, 0.25) is 0 Å². The Bertz CT molecular complexity index is 874. The zero-order chi connectivity index (χ0) is 20.6. The van der Waals surface area contributed by atoms with Crippen molar-refractivity contribution in [1.82, 2.24) is 0 Å². The van der Waals surface area contributed by atoms with E-state index >= 15 is 0 Å². The van der Waals surface area contributed by atoms with Crippen LogP contribution in [0, 0.1) is 17.7 Å². The number of hydrogen-bond donors (Lipinski definition) is 0. The zero-order valence-corrected chi connectivity index (χ0v) is 16.6. The van der Waals surface area contributed by atoms with Gasteiger partial charge in [0, 0.05) is 0 Å². The highest BCUT2D eigenvalue weighted by molar-refractivity contribution is 5.66. The molecule has 2 aromatic rings. The van der Waals surface area contributed by atoms with E-state index in [1.807, 2.05) is 6.07 Å². The van der Waals surface area contributed by atoms with Crippen LogP contribution in [0.3, 0.4) is 0 Å². The molecule has 0 spiro atoms. The van der Waals surface area contributed by atoms with E-state index in [-0.39, 0.29) is 0 Å². The fourth-order valence-electron chi connectivity index (χ4n) is 5.35. The Morgan fingerprint density at radius 1 is 1.00 bits per heavy atom. The van der Waals surface area contributed by atoms with Crippen LogP contribution in [-0.2, 0) is 6.42 Å². The largest absolute Gasteiger partial charge is 0.573 e. The number of fused-ring (bicyclic) bond motifs is 3. The lowest BCUT2D eigenvalue weighted by molar-refractivity contribution is -0.275. The third kappa shape index (κ3) is 4.44. The molecule has 156 valence electrons. The molecule has 1 saturated carbocycles. The highest BCUT2D eigenvalue weighted by Crippen LogP contribution is 2.48. The molecule has 1 nitrogen and oxygen atoms in total. The van der Waals surface area contributed by atoms with Crippen LogP contribution in [0.5, 0.6) is 5.75 Å². The summed E-state index contributed by atoms with van der Waals surface area (Å²) in [5.74, 6) is 0.426. The van der Waals surface area contributed by atoms with Crippen molar-refractivity contribution >= 4 is 0 Å². The van der Waals surface area contributed by atoms with E-state index in [0.717, 1.165) is 36.0 Å². The standard InChI is InChI=1S/C24H26F4O/c1-2-3-15-4-9-20-18(12-15)5-6-19-13-16(7-10-21(19)20)17-8-11-23(22(25)14-17)29-24(26,27)28/h7-8,10-11,13-15,18,20H,2-6,9,12H2,1H3/t15-,18-,20+/m1/s1. The van der Waals surface area contributed by atoms with Crippen molar-refractivity contribution in [2.45, 2.75) is 64.1 Å². The van der Waals surface area contributed by atoms with E-state index < -0.39 is 17.9 Å². The molecular weight excluding hydrogens is 380 g/mol. The molecule has 2 aliphatic rings. The van der Waals surface area contributed by atoms with Crippen LogP contribution in [0.1, 0.15) is 62.5 Å². The van der Waals surface area contributed by atoms with Gasteiger partial charge in [0.25, 0.3) is 0 Å². The van der Waals surface area contributed by atoms with Crippen LogP contribution in [0.25, 0.3) is 11.1 Å². The Labute approximate surface area is 169 Å². The molecule has 0 aromatic heterocycles. The summed E-state index contributed by atoms with van der Waals surface area (Å²) in [5.41, 5.74) is 4.11. The predicted molar refractivity (Wildman–Crippen MR) is 105 cm³/mol. The summed E-state index contributed by atoms with van der Waals surface area (Å²) in [6.07, 6.45) is 3.74. The van der Waals surface area contributed by atoms with Crippen LogP contribution < -0.4 is 4.74 Å². The van der Waals surface area contributed by atoms with E-state index in [0.29, 0.717) is 11.5 Å². The number of rotatable bonds is 4. The van der Waals surface area contributed by atoms with Gasteiger partial charge in [0.15, 0.2) is 11.6 Å². The minimum absolute atomic E-state index is 0.564. The molecular formula is C24H26F4O. The summed E-state index contributed by atoms with van der Waals surface area (Å²) in [4.78, 5) is 0. The third-order valence-corrected chi connectivity index (χ3v) is 6.61. The number of alkyl halides is 3. The Balaban J connectivity index is 1.55. The molecule has 0 heterocycles. The minimum Gasteiger partial charge on any atom is -0.403 e. The van der Waals surface area contributed by atoms with E-state index in [2.05, 4.69) is 23.8 Å². The van der Waals surface area contributed by atoms with Crippen LogP contribution in [0.15, 0.2) is 36.4 Å². The third-order valence-electron chi connectivity index (χ3n) is 6.61. The maximum Gasteiger partial charge on any atom is 0.573 e. The van der Waals surface area contributed by atoms with E-state index in [1.165, 1.54) is 55.7 Å². The average Bonchev–Trinajstić information content (AvgIpc) is 2.68. The van der Waals surface area contributed by atoms with Gasteiger partial charge in [-0.25, -0.2) is 4.39 Å². The topological polar surface area (TPSA) is 9.23 Å². The molecule has 29 heavy (non-hydrogen) atoms. The summed E-state index contributed by atoms with van der Waals surface area (Å²) in [7, 11) is 0. The Morgan fingerprint density at radius 3 is 2.48 bits per heavy atom. The first kappa shape index (κ1) is 20.2. The summed E-state index contributed by atoms with van der Waals surface area (Å²) in [6, 6.07) is 9.85. The van der Waals surface area contributed by atoms with Crippen molar-refractivity contribution in [2.75, 3.05) is 0 Å². The van der Waals surface area contributed by atoms with Crippen LogP contribution in [-0.4, -0.2) is 6.36 Å². The second kappa shape index (κ2) is 8.00. The molecule has 4 rings (SSSR count). The normalized spacial score (nSPS) is 24.0. The molecule has 5 heteroatoms. The van der Waals surface area contributed by atoms with Gasteiger partial charge in [-0.1, -0.05) is 44.0 Å². The lowest BCUT2D eigenvalue weighted by Crippen LogP contribution is -2.28. The first-order valence-corrected chi connectivity index (χ1v) is 10.5. The van der Waals surface area contributed by atoms with Gasteiger partial charge in [0.1, 0.15) is 0 Å². The molecule has 1 fully saturated rings. The molecule has 3 atom stereocenters. The fraction of sp³-hybridized carbons (Fsp3) is 0.500. The number of aryl methyl sites for hydroxylation is 1. The van der Waals surface area contributed by atoms with E-state index in [1.54, 1.807) is 0 Å². The fourth-order valence-corrected chi connectivity index (χ4v) is 5.35. The number of hydrogen-bond acceptors (Lipinski definition) is 1. The van der Waals surface area contributed by atoms with Gasteiger partial charge in [-0.15, -0.1) is 13.2 Å². The van der Waals surface area contributed by atoms with Crippen LogP contribution >= 0.6 is 0 Å². The van der Waals surface area contributed by atoms with E-state index in [4.69, 9.17) is 0 Å². The number of ether oxygens (including phenoxy) is 1. The van der Waals surface area contributed by atoms with Gasteiger partial charge < -0.3 is 4.74 Å². The van der Waals surface area contributed by atoms with Crippen molar-refractivity contribution in [3.63, 3.8) is 0 Å². The lowest BCUT2D eigenvalue weighted by atomic mass is 9.64. The SMILES string of the molecule is CCC[C@@H]1CC[C@@H]2c3ccc(-c4ccc(OC(F)(F)F)c(F)c4)cc3CC[C@@H]2C1. The minimum atomic E-state index is -4.90. The molecule has 0 bridgehead atoms. The van der Waals surface area contributed by atoms with Gasteiger partial charge in [-0.05, 0) is 84.2 Å². The number of benzene rings is 2. The molecule has 0 aliphatic heterocycles. The average molecular weight is 406 g/mol. The Morgan fingerprint density at radius 2 is 1.76 bits per heavy atom. The molecule has 0 unspecified atom stereocenters. The summed E-state index contributed by atoms with van der Waals surface area (Å²) < 4.78 is 54.9. The molecule has 0 N–H and O–H groups in total. The molecule has 2 aromatic carbocycles. The Kier molecular flexibility index (Phi) is 5.58. The number of halogens is 4. The Hall–Kier alpha value is -2.04. The first-order chi connectivity index (χ1) is 13.8. The molecule has 0 radical (unpaired) electrons. The van der Waals surface area contributed by atoms with Gasteiger partial charge >= 0.3 is 6.36 Å².